The molecule has 11 heteroatoms. The van der Waals surface area contributed by atoms with E-state index in [-0.39, 0.29) is 15.4 Å². The average molecular weight is 402 g/mol. The van der Waals surface area contributed by atoms with Crippen molar-refractivity contribution >= 4 is 32.3 Å². The van der Waals surface area contributed by atoms with Gasteiger partial charge in [0.2, 0.25) is 0 Å². The molecule has 26 heavy (non-hydrogen) atoms. The largest absolute Gasteiger partial charge is 0.416 e. The maximum atomic E-state index is 12.7. The summed E-state index contributed by atoms with van der Waals surface area (Å²) in [5, 5.41) is 19.5. The molecule has 1 aromatic heterocycles. The van der Waals surface area contributed by atoms with Gasteiger partial charge in [-0.25, -0.2) is 8.42 Å². The Labute approximate surface area is 149 Å². The van der Waals surface area contributed by atoms with Crippen molar-refractivity contribution in [2.24, 2.45) is 0 Å². The number of benzene rings is 1. The first-order chi connectivity index (χ1) is 12.0. The van der Waals surface area contributed by atoms with Crippen LogP contribution in [0.1, 0.15) is 16.0 Å². The molecule has 0 aliphatic carbocycles. The highest BCUT2D eigenvalue weighted by molar-refractivity contribution is 7.95. The highest BCUT2D eigenvalue weighted by Crippen LogP contribution is 2.31. The molecule has 0 aliphatic heterocycles. The molecule has 0 unspecified atom stereocenters. The number of hydrogen-bond donors (Lipinski definition) is 0. The summed E-state index contributed by atoms with van der Waals surface area (Å²) in [6.45, 7) is 0. The van der Waals surface area contributed by atoms with E-state index in [2.05, 4.69) is 0 Å². The molecular formula is C15H9F3N2O4S2. The summed E-state index contributed by atoms with van der Waals surface area (Å²) in [7, 11) is -4.23. The van der Waals surface area contributed by atoms with Gasteiger partial charge in [-0.05, 0) is 23.8 Å². The van der Waals surface area contributed by atoms with Crippen LogP contribution in [0.25, 0.3) is 6.08 Å². The lowest BCUT2D eigenvalue weighted by molar-refractivity contribution is -0.380. The lowest BCUT2D eigenvalue weighted by atomic mass is 10.1. The molecule has 6 nitrogen and oxygen atoms in total. The number of halogens is 3. The summed E-state index contributed by atoms with van der Waals surface area (Å²) in [6, 6.07) is 7.70. The van der Waals surface area contributed by atoms with E-state index < -0.39 is 37.2 Å². The number of rotatable bonds is 5. The van der Waals surface area contributed by atoms with Crippen LogP contribution in [0.2, 0.25) is 0 Å². The zero-order valence-electron chi connectivity index (χ0n) is 12.7. The van der Waals surface area contributed by atoms with Crippen LogP contribution < -0.4 is 0 Å². The van der Waals surface area contributed by atoms with Gasteiger partial charge in [0.1, 0.15) is 11.0 Å². The Morgan fingerprint density at radius 2 is 2.00 bits per heavy atom. The predicted molar refractivity (Wildman–Crippen MR) is 88.6 cm³/mol. The van der Waals surface area contributed by atoms with Gasteiger partial charge in [-0.2, -0.15) is 18.4 Å². The maximum Gasteiger partial charge on any atom is 0.416 e. The predicted octanol–water partition coefficient (Wildman–Crippen LogP) is 4.15. The van der Waals surface area contributed by atoms with E-state index in [1.807, 2.05) is 0 Å². The van der Waals surface area contributed by atoms with Gasteiger partial charge in [0.15, 0.2) is 9.84 Å². The lowest BCUT2D eigenvalue weighted by Gasteiger charge is -2.09. The van der Waals surface area contributed by atoms with Crippen LogP contribution in [0, 0.1) is 21.4 Å². The van der Waals surface area contributed by atoms with E-state index >= 15 is 0 Å². The Morgan fingerprint density at radius 3 is 2.54 bits per heavy atom. The molecular weight excluding hydrogens is 393 g/mol. The smallest absolute Gasteiger partial charge is 0.258 e. The third-order valence-corrected chi connectivity index (χ3v) is 5.70. The Morgan fingerprint density at radius 1 is 1.31 bits per heavy atom. The molecule has 0 atom stereocenters. The second-order valence-corrected chi connectivity index (χ2v) is 8.06. The fourth-order valence-electron chi connectivity index (χ4n) is 1.97. The van der Waals surface area contributed by atoms with Crippen molar-refractivity contribution in [2.75, 3.05) is 0 Å². The third kappa shape index (κ3) is 4.68. The van der Waals surface area contributed by atoms with Gasteiger partial charge in [-0.15, -0.1) is 0 Å². The summed E-state index contributed by atoms with van der Waals surface area (Å²) in [5.41, 5.74) is -1.13. The lowest BCUT2D eigenvalue weighted by Crippen LogP contribution is -2.09. The molecule has 136 valence electrons. The van der Waals surface area contributed by atoms with Gasteiger partial charge >= 0.3 is 11.2 Å². The van der Waals surface area contributed by atoms with Gasteiger partial charge < -0.3 is 0 Å². The monoisotopic (exact) mass is 402 g/mol. The summed E-state index contributed by atoms with van der Waals surface area (Å²) in [4.78, 5) is 9.46. The van der Waals surface area contributed by atoms with Crippen LogP contribution in [0.15, 0.2) is 41.3 Å². The zero-order valence-corrected chi connectivity index (χ0v) is 14.4. The molecule has 1 aromatic carbocycles. The Kier molecular flexibility index (Phi) is 5.48. The van der Waals surface area contributed by atoms with Gasteiger partial charge in [-0.1, -0.05) is 29.5 Å². The number of nitriles is 1. The van der Waals surface area contributed by atoms with Crippen molar-refractivity contribution in [3.05, 3.63) is 67.4 Å². The SMILES string of the molecule is N#CC(=Cc1ccc([N+](=O)[O-])s1)S(=O)(=O)Cc1cccc(C(F)(F)F)c1. The van der Waals surface area contributed by atoms with Crippen LogP contribution in [-0.4, -0.2) is 13.3 Å². The standard InChI is InChI=1S/C15H9F3N2O4S2/c16-15(17,18)11-3-1-2-10(6-11)9-26(23,24)13(8-19)7-12-4-5-14(25-12)20(21)22/h1-7H,9H2. The summed E-state index contributed by atoms with van der Waals surface area (Å²) in [5.74, 6) is -0.802. The maximum absolute atomic E-state index is 12.7. The Bertz CT molecular complexity index is 1020. The molecule has 2 aromatic rings. The van der Waals surface area contributed by atoms with Crippen molar-refractivity contribution in [3.63, 3.8) is 0 Å². The van der Waals surface area contributed by atoms with Crippen molar-refractivity contribution in [1.29, 1.82) is 5.26 Å². The summed E-state index contributed by atoms with van der Waals surface area (Å²) in [6.07, 6.45) is -3.66. The van der Waals surface area contributed by atoms with E-state index in [4.69, 9.17) is 5.26 Å². The Hall–Kier alpha value is -2.71. The van der Waals surface area contributed by atoms with Crippen molar-refractivity contribution in [1.82, 2.24) is 0 Å². The minimum Gasteiger partial charge on any atom is -0.258 e. The topological polar surface area (TPSA) is 101 Å². The van der Waals surface area contributed by atoms with E-state index in [9.17, 15) is 31.7 Å². The number of allylic oxidation sites excluding steroid dienone is 1. The first kappa shape index (κ1) is 19.6. The van der Waals surface area contributed by atoms with Gasteiger partial charge in [-0.3, -0.25) is 10.1 Å². The summed E-state index contributed by atoms with van der Waals surface area (Å²) < 4.78 is 62.8. The number of nitrogens with zero attached hydrogens (tertiary/aromatic N) is 2. The molecule has 0 N–H and O–H groups in total. The van der Waals surface area contributed by atoms with E-state index in [0.29, 0.717) is 17.4 Å². The number of nitro groups is 1. The molecule has 0 saturated heterocycles. The van der Waals surface area contributed by atoms with Crippen molar-refractivity contribution < 1.29 is 26.5 Å². The van der Waals surface area contributed by atoms with Crippen LogP contribution in [0.5, 0.6) is 0 Å². The molecule has 2 rings (SSSR count). The fraction of sp³-hybridized carbons (Fsp3) is 0.133. The normalized spacial score (nSPS) is 12.6. The van der Waals surface area contributed by atoms with Gasteiger partial charge in [0.05, 0.1) is 16.2 Å². The Balaban J connectivity index is 2.34. The first-order valence-electron chi connectivity index (χ1n) is 6.78. The minimum atomic E-state index is -4.62. The fourth-order valence-corrected chi connectivity index (χ4v) is 4.03. The van der Waals surface area contributed by atoms with E-state index in [1.165, 1.54) is 18.2 Å². The second-order valence-electron chi connectivity index (χ2n) is 5.01. The van der Waals surface area contributed by atoms with Crippen LogP contribution in [0.4, 0.5) is 18.2 Å². The quantitative estimate of drug-likeness (QED) is 0.425. The zero-order chi connectivity index (χ0) is 19.5. The molecule has 0 saturated carbocycles. The van der Waals surface area contributed by atoms with Crippen LogP contribution in [-0.2, 0) is 21.8 Å². The van der Waals surface area contributed by atoms with Crippen molar-refractivity contribution in [3.8, 4) is 6.07 Å². The van der Waals surface area contributed by atoms with E-state index in [0.717, 1.165) is 24.3 Å². The molecule has 0 fully saturated rings. The molecule has 0 amide bonds. The average Bonchev–Trinajstić information content (AvgIpc) is 3.00. The number of sulfone groups is 1. The highest BCUT2D eigenvalue weighted by Gasteiger charge is 2.31. The van der Waals surface area contributed by atoms with Crippen LogP contribution in [0.3, 0.4) is 0 Å². The molecule has 1 heterocycles. The summed E-state index contributed by atoms with van der Waals surface area (Å²) >= 11 is 0.673. The third-order valence-electron chi connectivity index (χ3n) is 3.12. The van der Waals surface area contributed by atoms with Crippen molar-refractivity contribution in [2.45, 2.75) is 11.9 Å². The second kappa shape index (κ2) is 7.27. The molecule has 0 spiro atoms. The molecule has 0 bridgehead atoms. The number of hydrogen-bond acceptors (Lipinski definition) is 6. The van der Waals surface area contributed by atoms with Crippen LogP contribution >= 0.6 is 11.3 Å². The molecule has 0 radical (unpaired) electrons. The first-order valence-corrected chi connectivity index (χ1v) is 9.25. The van der Waals surface area contributed by atoms with Gasteiger partial charge in [0.25, 0.3) is 0 Å². The highest BCUT2D eigenvalue weighted by atomic mass is 32.2. The molecule has 0 aliphatic rings. The number of alkyl halides is 3. The minimum absolute atomic E-state index is 0.127. The van der Waals surface area contributed by atoms with E-state index in [1.54, 1.807) is 0 Å². The van der Waals surface area contributed by atoms with Gasteiger partial charge in [0, 0.05) is 10.9 Å². The number of thiophene rings is 1.